The highest BCUT2D eigenvalue weighted by atomic mass is 16.5. The highest BCUT2D eigenvalue weighted by Gasteiger charge is 2.24. The fourth-order valence-electron chi connectivity index (χ4n) is 3.84. The van der Waals surface area contributed by atoms with E-state index in [0.717, 1.165) is 35.1 Å². The lowest BCUT2D eigenvalue weighted by Gasteiger charge is -2.26. The Morgan fingerprint density at radius 3 is 2.15 bits per heavy atom. The molecule has 2 aromatic carbocycles. The second-order valence-electron chi connectivity index (χ2n) is 7.23. The summed E-state index contributed by atoms with van der Waals surface area (Å²) in [6, 6.07) is 4.42. The first-order chi connectivity index (χ1) is 13.1. The van der Waals surface area contributed by atoms with Crippen molar-refractivity contribution in [3.8, 4) is 11.5 Å². The molecule has 27 heavy (non-hydrogen) atoms. The van der Waals surface area contributed by atoms with Gasteiger partial charge in [-0.05, 0) is 45.2 Å². The summed E-state index contributed by atoms with van der Waals surface area (Å²) >= 11 is 0. The molecule has 1 aliphatic rings. The molecular formula is C23H30O4. The first-order valence-corrected chi connectivity index (χ1v) is 9.54. The van der Waals surface area contributed by atoms with E-state index in [4.69, 9.17) is 18.9 Å². The van der Waals surface area contributed by atoms with Gasteiger partial charge in [-0.15, -0.1) is 0 Å². The molecule has 0 spiro atoms. The van der Waals surface area contributed by atoms with Gasteiger partial charge >= 0.3 is 0 Å². The zero-order valence-corrected chi connectivity index (χ0v) is 17.1. The molecule has 4 heteroatoms. The molecule has 0 amide bonds. The molecule has 0 bridgehead atoms. The number of allylic oxidation sites excluding steroid dienone is 2. The average Bonchev–Trinajstić information content (AvgIpc) is 2.63. The Morgan fingerprint density at radius 1 is 0.815 bits per heavy atom. The molecule has 0 aliphatic heterocycles. The monoisotopic (exact) mass is 370 g/mol. The molecule has 146 valence electrons. The summed E-state index contributed by atoms with van der Waals surface area (Å²) in [5.74, 6) is 1.97. The van der Waals surface area contributed by atoms with Crippen molar-refractivity contribution < 1.29 is 18.9 Å². The Kier molecular flexibility index (Phi) is 6.40. The van der Waals surface area contributed by atoms with E-state index in [0.29, 0.717) is 26.4 Å². The average molecular weight is 370 g/mol. The van der Waals surface area contributed by atoms with Crippen LogP contribution in [0.5, 0.6) is 11.5 Å². The van der Waals surface area contributed by atoms with Crippen LogP contribution >= 0.6 is 0 Å². The summed E-state index contributed by atoms with van der Waals surface area (Å²) in [4.78, 5) is 0. The fourth-order valence-corrected chi connectivity index (χ4v) is 3.84. The summed E-state index contributed by atoms with van der Waals surface area (Å²) < 4.78 is 22.9. The number of ether oxygens (including phenoxy) is 4. The normalized spacial score (nSPS) is 13.4. The molecule has 0 unspecified atom stereocenters. The first-order valence-electron chi connectivity index (χ1n) is 9.54. The highest BCUT2D eigenvalue weighted by Crippen LogP contribution is 2.45. The van der Waals surface area contributed by atoms with E-state index in [1.54, 1.807) is 14.2 Å². The summed E-state index contributed by atoms with van der Waals surface area (Å²) in [7, 11) is 3.40. The van der Waals surface area contributed by atoms with E-state index in [1.807, 2.05) is 0 Å². The Morgan fingerprint density at radius 2 is 1.48 bits per heavy atom. The quantitative estimate of drug-likeness (QED) is 0.504. The number of hydrogen-bond donors (Lipinski definition) is 0. The van der Waals surface area contributed by atoms with Crippen LogP contribution < -0.4 is 9.47 Å². The molecule has 3 rings (SSSR count). The maximum atomic E-state index is 6.28. The van der Waals surface area contributed by atoms with Gasteiger partial charge in [0.25, 0.3) is 0 Å². The van der Waals surface area contributed by atoms with Gasteiger partial charge in [-0.1, -0.05) is 23.3 Å². The largest absolute Gasteiger partial charge is 0.490 e. The summed E-state index contributed by atoms with van der Waals surface area (Å²) in [5, 5.41) is 2.28. The van der Waals surface area contributed by atoms with Crippen LogP contribution in [0.1, 0.15) is 29.2 Å². The van der Waals surface area contributed by atoms with Crippen LogP contribution in [0.4, 0.5) is 0 Å². The van der Waals surface area contributed by atoms with E-state index in [1.165, 1.54) is 27.8 Å². The van der Waals surface area contributed by atoms with Crippen molar-refractivity contribution in [2.24, 2.45) is 0 Å². The zero-order chi connectivity index (χ0) is 19.4. The molecule has 0 saturated heterocycles. The molecule has 0 radical (unpaired) electrons. The summed E-state index contributed by atoms with van der Waals surface area (Å²) in [6.07, 6.45) is 4.05. The third-order valence-corrected chi connectivity index (χ3v) is 5.04. The second kappa shape index (κ2) is 8.77. The van der Waals surface area contributed by atoms with Gasteiger partial charge < -0.3 is 18.9 Å². The maximum absolute atomic E-state index is 6.28. The molecule has 2 aromatic rings. The fraction of sp³-hybridized carbons (Fsp3) is 0.478. The predicted octanol–water partition coefficient (Wildman–Crippen LogP) is 4.55. The number of methoxy groups -OCH3 is 2. The van der Waals surface area contributed by atoms with E-state index in [2.05, 4.69) is 39.0 Å². The Bertz CT molecular complexity index is 852. The molecule has 0 heterocycles. The van der Waals surface area contributed by atoms with E-state index in [9.17, 15) is 0 Å². The van der Waals surface area contributed by atoms with Crippen molar-refractivity contribution in [3.05, 3.63) is 46.0 Å². The van der Waals surface area contributed by atoms with Crippen LogP contribution in [0.15, 0.2) is 23.8 Å². The molecule has 4 nitrogen and oxygen atoms in total. The highest BCUT2D eigenvalue weighted by molar-refractivity contribution is 5.99. The van der Waals surface area contributed by atoms with Gasteiger partial charge in [0, 0.05) is 36.1 Å². The smallest absolute Gasteiger partial charge is 0.131 e. The second-order valence-corrected chi connectivity index (χ2v) is 7.23. The summed E-state index contributed by atoms with van der Waals surface area (Å²) in [5.41, 5.74) is 6.29. The van der Waals surface area contributed by atoms with Crippen molar-refractivity contribution in [3.63, 3.8) is 0 Å². The van der Waals surface area contributed by atoms with Gasteiger partial charge in [0.2, 0.25) is 0 Å². The van der Waals surface area contributed by atoms with Gasteiger partial charge in [-0.2, -0.15) is 0 Å². The van der Waals surface area contributed by atoms with Gasteiger partial charge in [0.15, 0.2) is 0 Å². The third-order valence-electron chi connectivity index (χ3n) is 5.04. The lowest BCUT2D eigenvalue weighted by molar-refractivity contribution is 0.144. The Balaban J connectivity index is 2.23. The maximum Gasteiger partial charge on any atom is 0.131 e. The van der Waals surface area contributed by atoms with Gasteiger partial charge in [-0.25, -0.2) is 0 Å². The number of fused-ring (bicyclic) bond motifs is 2. The predicted molar refractivity (Wildman–Crippen MR) is 109 cm³/mol. The lowest BCUT2D eigenvalue weighted by atomic mass is 9.86. The topological polar surface area (TPSA) is 36.9 Å². The Labute approximate surface area is 162 Å². The molecule has 0 saturated carbocycles. The van der Waals surface area contributed by atoms with Crippen molar-refractivity contribution in [1.82, 2.24) is 0 Å². The van der Waals surface area contributed by atoms with Gasteiger partial charge in [0.05, 0.1) is 13.2 Å². The van der Waals surface area contributed by atoms with Crippen molar-refractivity contribution >= 4 is 10.8 Å². The van der Waals surface area contributed by atoms with Crippen LogP contribution in [0.25, 0.3) is 10.8 Å². The number of aryl methyl sites for hydroxylation is 2. The first kappa shape index (κ1) is 19.7. The van der Waals surface area contributed by atoms with E-state index in [-0.39, 0.29) is 0 Å². The van der Waals surface area contributed by atoms with Crippen LogP contribution in [0.2, 0.25) is 0 Å². The molecule has 1 aliphatic carbocycles. The van der Waals surface area contributed by atoms with Crippen LogP contribution in [-0.2, 0) is 22.3 Å². The minimum Gasteiger partial charge on any atom is -0.490 e. The van der Waals surface area contributed by atoms with Crippen molar-refractivity contribution in [1.29, 1.82) is 0 Å². The third kappa shape index (κ3) is 4.12. The number of hydrogen-bond acceptors (Lipinski definition) is 4. The van der Waals surface area contributed by atoms with Gasteiger partial charge in [0.1, 0.15) is 24.7 Å². The minimum absolute atomic E-state index is 0.539. The van der Waals surface area contributed by atoms with Crippen molar-refractivity contribution in [2.75, 3.05) is 40.6 Å². The minimum atomic E-state index is 0.539. The van der Waals surface area contributed by atoms with E-state index >= 15 is 0 Å². The molecule has 0 atom stereocenters. The number of benzene rings is 2. The molecular weight excluding hydrogens is 340 g/mol. The van der Waals surface area contributed by atoms with Crippen molar-refractivity contribution in [2.45, 2.75) is 33.6 Å². The molecule has 0 fully saturated rings. The van der Waals surface area contributed by atoms with Crippen LogP contribution in [0.3, 0.4) is 0 Å². The summed E-state index contributed by atoms with van der Waals surface area (Å²) in [6.45, 7) is 8.68. The van der Waals surface area contributed by atoms with Crippen LogP contribution in [0, 0.1) is 13.8 Å². The zero-order valence-electron chi connectivity index (χ0n) is 17.1. The molecule has 0 aromatic heterocycles. The van der Waals surface area contributed by atoms with E-state index < -0.39 is 0 Å². The standard InChI is InChI=1S/C23H30O4/c1-15-6-7-18-19(13-15)23(27-11-9-25-5)21-17(3)12-16(2)14-20(21)22(18)26-10-8-24-4/h6,12,14H,7-11,13H2,1-5H3. The lowest BCUT2D eigenvalue weighted by Crippen LogP contribution is -2.14. The van der Waals surface area contributed by atoms with Gasteiger partial charge in [-0.3, -0.25) is 0 Å². The Hall–Kier alpha value is -2.04. The molecule has 0 N–H and O–H groups in total. The number of rotatable bonds is 8. The SMILES string of the molecule is COCCOc1c2c(c(OCCOC)c3c(C)cc(C)cc13)CC(C)=CC2. The van der Waals surface area contributed by atoms with Crippen LogP contribution in [-0.4, -0.2) is 40.6 Å².